The highest BCUT2D eigenvalue weighted by atomic mass is 15.0. The predicted octanol–water partition coefficient (Wildman–Crippen LogP) is 6.80. The van der Waals surface area contributed by atoms with E-state index in [2.05, 4.69) is 102 Å². The number of benzene rings is 3. The molecule has 28 heavy (non-hydrogen) atoms. The molecule has 0 spiro atoms. The van der Waals surface area contributed by atoms with E-state index < -0.39 is 0 Å². The van der Waals surface area contributed by atoms with E-state index in [0.29, 0.717) is 5.92 Å². The molecule has 2 heterocycles. The molecule has 1 aliphatic carbocycles. The van der Waals surface area contributed by atoms with Gasteiger partial charge in [-0.05, 0) is 48.2 Å². The zero-order chi connectivity index (χ0) is 18.8. The van der Waals surface area contributed by atoms with Gasteiger partial charge >= 0.3 is 0 Å². The van der Waals surface area contributed by atoms with Crippen molar-refractivity contribution in [3.8, 4) is 5.69 Å². The minimum atomic E-state index is 0.540. The first-order chi connectivity index (χ1) is 13.8. The zero-order valence-electron chi connectivity index (χ0n) is 16.2. The molecule has 1 atom stereocenters. The molecule has 2 aromatic heterocycles. The smallest absolute Gasteiger partial charge is 0.0562 e. The van der Waals surface area contributed by atoms with Gasteiger partial charge in [-0.25, -0.2) is 0 Å². The van der Waals surface area contributed by atoms with Crippen LogP contribution in [0.4, 0.5) is 0 Å². The Kier molecular flexibility index (Phi) is 3.16. The fourth-order valence-corrected chi connectivity index (χ4v) is 5.11. The second kappa shape index (κ2) is 5.62. The quantitative estimate of drug-likeness (QED) is 0.310. The topological polar surface area (TPSA) is 9.86 Å². The van der Waals surface area contributed by atoms with Crippen molar-refractivity contribution in [1.29, 1.82) is 0 Å². The summed E-state index contributed by atoms with van der Waals surface area (Å²) in [6.07, 6.45) is 5.75. The molecule has 2 nitrogen and oxygen atoms in total. The molecule has 3 aromatic carbocycles. The molecule has 0 N–H and O–H groups in total. The monoisotopic (exact) mass is 362 g/mol. The lowest BCUT2D eigenvalue weighted by Gasteiger charge is -2.17. The molecule has 0 saturated heterocycles. The molecule has 1 aliphatic rings. The van der Waals surface area contributed by atoms with E-state index in [0.717, 1.165) is 6.42 Å². The average Bonchev–Trinajstić information content (AvgIpc) is 3.22. The molecular formula is C26H22N2. The van der Waals surface area contributed by atoms with E-state index in [9.17, 15) is 0 Å². The first-order valence-electron chi connectivity index (χ1n) is 10.0. The van der Waals surface area contributed by atoms with Crippen LogP contribution in [-0.4, -0.2) is 9.13 Å². The van der Waals surface area contributed by atoms with Gasteiger partial charge < -0.3 is 9.13 Å². The van der Waals surface area contributed by atoms with Crippen molar-refractivity contribution < 1.29 is 0 Å². The van der Waals surface area contributed by atoms with Crippen LogP contribution in [0.15, 0.2) is 72.8 Å². The van der Waals surface area contributed by atoms with Crippen LogP contribution in [0.1, 0.15) is 30.5 Å². The third kappa shape index (κ3) is 1.92. The maximum Gasteiger partial charge on any atom is 0.0562 e. The first-order valence-corrected chi connectivity index (χ1v) is 10.0. The van der Waals surface area contributed by atoms with Gasteiger partial charge in [0.05, 0.1) is 22.4 Å². The summed E-state index contributed by atoms with van der Waals surface area (Å²) >= 11 is 0. The molecule has 0 bridgehead atoms. The van der Waals surface area contributed by atoms with Crippen LogP contribution in [0.5, 0.6) is 0 Å². The van der Waals surface area contributed by atoms with Crippen LogP contribution in [0.25, 0.3) is 44.5 Å². The van der Waals surface area contributed by atoms with Crippen molar-refractivity contribution in [1.82, 2.24) is 9.13 Å². The Hall–Kier alpha value is -3.26. The van der Waals surface area contributed by atoms with Gasteiger partial charge in [0.2, 0.25) is 0 Å². The van der Waals surface area contributed by atoms with Gasteiger partial charge in [-0.3, -0.25) is 0 Å². The van der Waals surface area contributed by atoms with Crippen LogP contribution >= 0.6 is 0 Å². The van der Waals surface area contributed by atoms with E-state index in [1.807, 2.05) is 0 Å². The number of rotatable bonds is 1. The van der Waals surface area contributed by atoms with Crippen molar-refractivity contribution in [2.24, 2.45) is 7.05 Å². The Morgan fingerprint density at radius 2 is 1.50 bits per heavy atom. The Bertz CT molecular complexity index is 1410. The fraction of sp³-hybridized carbons (Fsp3) is 0.154. The van der Waals surface area contributed by atoms with Crippen molar-refractivity contribution >= 4 is 38.8 Å². The Morgan fingerprint density at radius 1 is 0.786 bits per heavy atom. The lowest BCUT2D eigenvalue weighted by molar-refractivity contribution is 0.773. The van der Waals surface area contributed by atoms with Crippen molar-refractivity contribution in [2.75, 3.05) is 0 Å². The third-order valence-corrected chi connectivity index (χ3v) is 6.37. The SMILES string of the molecule is CC1CC=Cc2c1c1ccccc1n2-c1cccc2c1c1ccccc1n2C. The van der Waals surface area contributed by atoms with Gasteiger partial charge in [-0.2, -0.15) is 0 Å². The lowest BCUT2D eigenvalue weighted by Crippen LogP contribution is -2.03. The summed E-state index contributed by atoms with van der Waals surface area (Å²) in [6.45, 7) is 2.34. The van der Waals surface area contributed by atoms with E-state index in [-0.39, 0.29) is 0 Å². The highest BCUT2D eigenvalue weighted by molar-refractivity contribution is 6.13. The summed E-state index contributed by atoms with van der Waals surface area (Å²) in [6, 6.07) is 24.3. The number of fused-ring (bicyclic) bond motifs is 6. The molecule has 0 radical (unpaired) electrons. The normalized spacial score (nSPS) is 16.3. The summed E-state index contributed by atoms with van der Waals surface area (Å²) in [5.41, 5.74) is 7.94. The minimum absolute atomic E-state index is 0.540. The highest BCUT2D eigenvalue weighted by Gasteiger charge is 2.24. The third-order valence-electron chi connectivity index (χ3n) is 6.37. The molecule has 2 heteroatoms. The van der Waals surface area contributed by atoms with E-state index in [1.54, 1.807) is 0 Å². The van der Waals surface area contributed by atoms with Gasteiger partial charge in [0.1, 0.15) is 0 Å². The van der Waals surface area contributed by atoms with Crippen LogP contribution < -0.4 is 0 Å². The summed E-state index contributed by atoms with van der Waals surface area (Å²) in [4.78, 5) is 0. The lowest BCUT2D eigenvalue weighted by atomic mass is 9.91. The summed E-state index contributed by atoms with van der Waals surface area (Å²) < 4.78 is 4.79. The molecule has 6 rings (SSSR count). The van der Waals surface area contributed by atoms with Gasteiger partial charge in [0, 0.05) is 28.7 Å². The number of aryl methyl sites for hydroxylation is 1. The molecule has 0 saturated carbocycles. The standard InChI is InChI=1S/C26H22N2/c1-17-9-7-15-23-25(17)19-11-4-6-13-21(19)28(23)24-16-8-14-22-26(24)18-10-3-5-12-20(18)27(22)2/h3-8,10-17H,9H2,1-2H3. The number of para-hydroxylation sites is 2. The van der Waals surface area contributed by atoms with Gasteiger partial charge in [0.25, 0.3) is 0 Å². The second-order valence-electron chi connectivity index (χ2n) is 7.94. The van der Waals surface area contributed by atoms with Gasteiger partial charge in [0.15, 0.2) is 0 Å². The first kappa shape index (κ1) is 15.8. The number of allylic oxidation sites excluding steroid dienone is 1. The number of hydrogen-bond acceptors (Lipinski definition) is 0. The van der Waals surface area contributed by atoms with E-state index in [4.69, 9.17) is 0 Å². The largest absolute Gasteiger partial charge is 0.344 e. The van der Waals surface area contributed by atoms with E-state index in [1.165, 1.54) is 49.7 Å². The summed E-state index contributed by atoms with van der Waals surface area (Å²) in [7, 11) is 2.17. The second-order valence-corrected chi connectivity index (χ2v) is 7.94. The molecule has 0 aliphatic heterocycles. The molecule has 0 amide bonds. The van der Waals surface area contributed by atoms with Crippen molar-refractivity contribution in [3.63, 3.8) is 0 Å². The van der Waals surface area contributed by atoms with Crippen molar-refractivity contribution in [3.05, 3.63) is 84.1 Å². The molecule has 5 aromatic rings. The number of nitrogens with zero attached hydrogens (tertiary/aromatic N) is 2. The Morgan fingerprint density at radius 3 is 2.36 bits per heavy atom. The Labute approximate surface area is 164 Å². The van der Waals surface area contributed by atoms with Crippen LogP contribution in [0.2, 0.25) is 0 Å². The Balaban J connectivity index is 1.83. The van der Waals surface area contributed by atoms with Crippen LogP contribution in [-0.2, 0) is 7.05 Å². The highest BCUT2D eigenvalue weighted by Crippen LogP contribution is 2.42. The van der Waals surface area contributed by atoms with E-state index >= 15 is 0 Å². The molecule has 1 unspecified atom stereocenters. The molecular weight excluding hydrogens is 340 g/mol. The molecule has 136 valence electrons. The number of hydrogen-bond donors (Lipinski definition) is 0. The van der Waals surface area contributed by atoms with Gasteiger partial charge in [-0.15, -0.1) is 0 Å². The summed E-state index contributed by atoms with van der Waals surface area (Å²) in [5.74, 6) is 0.540. The fourth-order valence-electron chi connectivity index (χ4n) is 5.11. The van der Waals surface area contributed by atoms with Crippen LogP contribution in [0, 0.1) is 0 Å². The summed E-state index contributed by atoms with van der Waals surface area (Å²) in [5, 5.41) is 4.03. The predicted molar refractivity (Wildman–Crippen MR) is 119 cm³/mol. The zero-order valence-corrected chi connectivity index (χ0v) is 16.2. The van der Waals surface area contributed by atoms with Gasteiger partial charge in [-0.1, -0.05) is 55.5 Å². The average molecular weight is 362 g/mol. The molecule has 0 fully saturated rings. The van der Waals surface area contributed by atoms with Crippen molar-refractivity contribution in [2.45, 2.75) is 19.3 Å². The van der Waals surface area contributed by atoms with Crippen LogP contribution in [0.3, 0.4) is 0 Å². The maximum atomic E-state index is 2.48. The number of aromatic nitrogens is 2. The minimum Gasteiger partial charge on any atom is -0.344 e. The maximum absolute atomic E-state index is 2.48.